The van der Waals surface area contributed by atoms with Crippen molar-refractivity contribution in [1.82, 2.24) is 0 Å². The maximum Gasteiger partial charge on any atom is 0.310 e. The van der Waals surface area contributed by atoms with Crippen LogP contribution in [0.15, 0.2) is 48.5 Å². The Morgan fingerprint density at radius 2 is 1.06 bits per heavy atom. The van der Waals surface area contributed by atoms with Gasteiger partial charge in [0.15, 0.2) is 0 Å². The van der Waals surface area contributed by atoms with E-state index in [1.807, 2.05) is 38.1 Å². The van der Waals surface area contributed by atoms with Crippen molar-refractivity contribution in [3.05, 3.63) is 70.8 Å². The Balaban J connectivity index is 0.000000311. The van der Waals surface area contributed by atoms with Gasteiger partial charge in [0.1, 0.15) is 6.17 Å². The minimum atomic E-state index is -0.991. The molecule has 2 N–H and O–H groups in total. The highest BCUT2D eigenvalue weighted by Gasteiger charge is 2.17. The summed E-state index contributed by atoms with van der Waals surface area (Å²) in [6.45, 7) is 11.3. The van der Waals surface area contributed by atoms with Gasteiger partial charge in [-0.3, -0.25) is 9.59 Å². The van der Waals surface area contributed by atoms with Crippen LogP contribution in [0.3, 0.4) is 0 Å². The largest absolute Gasteiger partial charge is 0.481 e. The molecule has 4 nitrogen and oxygen atoms in total. The fourth-order valence-electron chi connectivity index (χ4n) is 3.05. The normalized spacial score (nSPS) is 13.8. The van der Waals surface area contributed by atoms with Crippen molar-refractivity contribution in [3.8, 4) is 0 Å². The second kappa shape index (κ2) is 12.2. The van der Waals surface area contributed by atoms with Crippen LogP contribution in [0.5, 0.6) is 0 Å². The van der Waals surface area contributed by atoms with E-state index in [1.54, 1.807) is 38.1 Å². The summed E-state index contributed by atoms with van der Waals surface area (Å²) >= 11 is 0. The number of carboxylic acid groups (broad SMARTS) is 2. The number of carboxylic acids is 2. The summed E-state index contributed by atoms with van der Waals surface area (Å²) in [4.78, 5) is 21.5. The van der Waals surface area contributed by atoms with Crippen molar-refractivity contribution < 1.29 is 24.2 Å². The predicted octanol–water partition coefficient (Wildman–Crippen LogP) is 6.61. The Kier molecular flexibility index (Phi) is 10.4. The molecule has 0 aliphatic rings. The first-order valence-corrected chi connectivity index (χ1v) is 10.7. The molecule has 0 spiro atoms. The van der Waals surface area contributed by atoms with Crippen LogP contribution < -0.4 is 0 Å². The molecule has 31 heavy (non-hydrogen) atoms. The number of halogens is 1. The third-order valence-electron chi connectivity index (χ3n) is 5.20. The average molecular weight is 431 g/mol. The zero-order chi connectivity index (χ0) is 23.7. The maximum atomic E-state index is 13.6. The van der Waals surface area contributed by atoms with Gasteiger partial charge < -0.3 is 10.2 Å². The van der Waals surface area contributed by atoms with Crippen LogP contribution in [0.2, 0.25) is 0 Å². The average Bonchev–Trinajstić information content (AvgIpc) is 2.72. The van der Waals surface area contributed by atoms with Gasteiger partial charge in [-0.1, -0.05) is 76.2 Å². The molecule has 0 heterocycles. The fourth-order valence-corrected chi connectivity index (χ4v) is 3.05. The molecule has 3 atom stereocenters. The molecule has 0 aromatic heterocycles. The molecule has 3 unspecified atom stereocenters. The van der Waals surface area contributed by atoms with Crippen LogP contribution in [0.1, 0.15) is 81.8 Å². The number of alkyl halides is 1. The fraction of sp³-hybridized carbons (Fsp3) is 0.462. The highest BCUT2D eigenvalue weighted by atomic mass is 19.1. The zero-order valence-electron chi connectivity index (χ0n) is 19.3. The lowest BCUT2D eigenvalue weighted by atomic mass is 9.96. The monoisotopic (exact) mass is 430 g/mol. The van der Waals surface area contributed by atoms with Crippen LogP contribution in [-0.2, 0) is 16.0 Å². The van der Waals surface area contributed by atoms with Crippen LogP contribution >= 0.6 is 0 Å². The number of aliphatic carboxylic acids is 2. The molecule has 2 aromatic rings. The van der Waals surface area contributed by atoms with E-state index < -0.39 is 29.9 Å². The lowest BCUT2D eigenvalue weighted by Crippen LogP contribution is -2.07. The Morgan fingerprint density at radius 3 is 1.39 bits per heavy atom. The second-order valence-corrected chi connectivity index (χ2v) is 8.77. The molecule has 0 amide bonds. The quantitative estimate of drug-likeness (QED) is 0.494. The number of rotatable bonds is 8. The number of benzene rings is 2. The van der Waals surface area contributed by atoms with E-state index in [9.17, 15) is 14.0 Å². The number of hydrogen-bond donors (Lipinski definition) is 2. The molecule has 5 heteroatoms. The molecule has 2 aromatic carbocycles. The SMILES string of the molecule is CC(C(=O)O)c1ccc(C(F)C(C)C)cc1.CC(C)Cc1ccc(C(C)C(=O)O)cc1. The molecule has 170 valence electrons. The standard InChI is InChI=1S/C13H17FO2.C13H18O2/c1-8(2)12(14)11-6-4-10(5-7-11)9(3)13(15)16;1-9(2)8-11-4-6-12(7-5-11)10(3)13(14)15/h4-9,12H,1-3H3,(H,15,16);4-7,9-10H,8H2,1-3H3,(H,14,15). The van der Waals surface area contributed by atoms with E-state index in [1.165, 1.54) is 5.56 Å². The summed E-state index contributed by atoms with van der Waals surface area (Å²) in [6.07, 6.45) is 0.0519. The highest BCUT2D eigenvalue weighted by Crippen LogP contribution is 2.27. The third kappa shape index (κ3) is 8.52. The van der Waals surface area contributed by atoms with Gasteiger partial charge >= 0.3 is 11.9 Å². The van der Waals surface area contributed by atoms with Gasteiger partial charge in [0.25, 0.3) is 0 Å². The van der Waals surface area contributed by atoms with Crippen LogP contribution in [0, 0.1) is 11.8 Å². The van der Waals surface area contributed by atoms with Gasteiger partial charge in [-0.2, -0.15) is 0 Å². The molecule has 0 fully saturated rings. The van der Waals surface area contributed by atoms with Crippen molar-refractivity contribution in [1.29, 1.82) is 0 Å². The van der Waals surface area contributed by atoms with Crippen molar-refractivity contribution >= 4 is 11.9 Å². The molecular weight excluding hydrogens is 395 g/mol. The Morgan fingerprint density at radius 1 is 0.710 bits per heavy atom. The van der Waals surface area contributed by atoms with Crippen LogP contribution in [-0.4, -0.2) is 22.2 Å². The topological polar surface area (TPSA) is 74.6 Å². The van der Waals surface area contributed by atoms with Crippen LogP contribution in [0.4, 0.5) is 4.39 Å². The second-order valence-electron chi connectivity index (χ2n) is 8.77. The van der Waals surface area contributed by atoms with E-state index in [-0.39, 0.29) is 5.92 Å². The Labute approximate surface area is 185 Å². The summed E-state index contributed by atoms with van der Waals surface area (Å²) in [6, 6.07) is 14.6. The minimum absolute atomic E-state index is 0.0669. The molecule has 0 bridgehead atoms. The van der Waals surface area contributed by atoms with Gasteiger partial charge in [-0.25, -0.2) is 4.39 Å². The third-order valence-corrected chi connectivity index (χ3v) is 5.20. The molecule has 2 rings (SSSR count). The van der Waals surface area contributed by atoms with E-state index in [4.69, 9.17) is 10.2 Å². The van der Waals surface area contributed by atoms with E-state index in [2.05, 4.69) is 13.8 Å². The van der Waals surface area contributed by atoms with Gasteiger partial charge in [0, 0.05) is 0 Å². The molecular formula is C26H35FO4. The number of hydrogen-bond acceptors (Lipinski definition) is 2. The first-order valence-electron chi connectivity index (χ1n) is 10.7. The van der Waals surface area contributed by atoms with E-state index in [0.29, 0.717) is 17.0 Å². The van der Waals surface area contributed by atoms with Gasteiger partial charge in [0.05, 0.1) is 11.8 Å². The van der Waals surface area contributed by atoms with Gasteiger partial charge in [0.2, 0.25) is 0 Å². The molecule has 0 aliphatic carbocycles. The van der Waals surface area contributed by atoms with Crippen molar-refractivity contribution in [2.75, 3.05) is 0 Å². The zero-order valence-corrected chi connectivity index (χ0v) is 19.3. The van der Waals surface area contributed by atoms with Crippen molar-refractivity contribution in [3.63, 3.8) is 0 Å². The first-order chi connectivity index (χ1) is 14.4. The molecule has 0 saturated carbocycles. The minimum Gasteiger partial charge on any atom is -0.481 e. The Bertz CT molecular complexity index is 825. The molecule has 0 radical (unpaired) electrons. The molecule has 0 saturated heterocycles. The lowest BCUT2D eigenvalue weighted by Gasteiger charge is -2.13. The summed E-state index contributed by atoms with van der Waals surface area (Å²) in [5.74, 6) is -2.04. The molecule has 0 aliphatic heterocycles. The van der Waals surface area contributed by atoms with Gasteiger partial charge in [-0.05, 0) is 54.4 Å². The first kappa shape index (κ1) is 26.3. The lowest BCUT2D eigenvalue weighted by molar-refractivity contribution is -0.139. The van der Waals surface area contributed by atoms with E-state index in [0.717, 1.165) is 12.0 Å². The van der Waals surface area contributed by atoms with E-state index >= 15 is 0 Å². The van der Waals surface area contributed by atoms with Crippen LogP contribution in [0.25, 0.3) is 0 Å². The van der Waals surface area contributed by atoms with Crippen molar-refractivity contribution in [2.45, 2.75) is 66.0 Å². The highest BCUT2D eigenvalue weighted by molar-refractivity contribution is 5.75. The maximum absolute atomic E-state index is 13.6. The smallest absolute Gasteiger partial charge is 0.310 e. The summed E-state index contributed by atoms with van der Waals surface area (Å²) in [5.41, 5.74) is 3.45. The summed E-state index contributed by atoms with van der Waals surface area (Å²) in [5, 5.41) is 17.7. The summed E-state index contributed by atoms with van der Waals surface area (Å²) in [7, 11) is 0. The van der Waals surface area contributed by atoms with Gasteiger partial charge in [-0.15, -0.1) is 0 Å². The summed E-state index contributed by atoms with van der Waals surface area (Å²) < 4.78 is 13.6. The Hall–Kier alpha value is -2.69. The predicted molar refractivity (Wildman–Crippen MR) is 122 cm³/mol. The van der Waals surface area contributed by atoms with Crippen molar-refractivity contribution in [2.24, 2.45) is 11.8 Å². The number of carbonyl (C=O) groups is 2.